The number of methoxy groups -OCH3 is 1. The maximum atomic E-state index is 12.0. The van der Waals surface area contributed by atoms with Crippen molar-refractivity contribution in [3.8, 4) is 34.4 Å². The predicted molar refractivity (Wildman–Crippen MR) is 241 cm³/mol. The Hall–Kier alpha value is -7.24. The van der Waals surface area contributed by atoms with Crippen LogP contribution in [0.3, 0.4) is 0 Å². The number of benzene rings is 5. The zero-order valence-corrected chi connectivity index (χ0v) is 35.7. The van der Waals surface area contributed by atoms with E-state index in [4.69, 9.17) is 18.3 Å². The Morgan fingerprint density at radius 1 is 0.683 bits per heavy atom. The summed E-state index contributed by atoms with van der Waals surface area (Å²) < 4.78 is 27.9. The monoisotopic (exact) mass is 845 g/mol. The Balaban J connectivity index is 0.000000197. The average molecular weight is 846 g/mol. The lowest BCUT2D eigenvalue weighted by molar-refractivity contribution is -0.141. The van der Waals surface area contributed by atoms with Crippen LogP contribution in [0.2, 0.25) is 0 Å². The zero-order chi connectivity index (χ0) is 44.0. The lowest BCUT2D eigenvalue weighted by Crippen LogP contribution is -2.23. The molecule has 0 radical (unpaired) electrons. The van der Waals surface area contributed by atoms with Crippen LogP contribution in [0.15, 0.2) is 154 Å². The molecule has 0 aliphatic carbocycles. The van der Waals surface area contributed by atoms with Crippen LogP contribution < -0.4 is 9.47 Å². The summed E-state index contributed by atoms with van der Waals surface area (Å²) in [5.74, 6) is 2.78. The number of carboxylic acids is 1. The third kappa shape index (κ3) is 12.2. The summed E-state index contributed by atoms with van der Waals surface area (Å²) in [6.45, 7) is 6.85. The zero-order valence-electron chi connectivity index (χ0n) is 35.7. The second kappa shape index (κ2) is 21.5. The van der Waals surface area contributed by atoms with Gasteiger partial charge in [0.1, 0.15) is 23.0 Å². The number of oxazole rings is 2. The number of aryl methyl sites for hydroxylation is 2. The highest BCUT2D eigenvalue weighted by molar-refractivity contribution is 5.86. The smallest absolute Gasteiger partial charge is 0.330 e. The average Bonchev–Trinajstić information content (AvgIpc) is 4.03. The molecule has 1 saturated heterocycles. The van der Waals surface area contributed by atoms with Gasteiger partial charge in [-0.05, 0) is 85.1 Å². The van der Waals surface area contributed by atoms with E-state index in [0.29, 0.717) is 44.4 Å². The van der Waals surface area contributed by atoms with Crippen LogP contribution in [0.25, 0.3) is 29.0 Å². The first-order valence-electron chi connectivity index (χ1n) is 21.0. The van der Waals surface area contributed by atoms with E-state index in [-0.39, 0.29) is 11.9 Å². The maximum Gasteiger partial charge on any atom is 0.330 e. The summed E-state index contributed by atoms with van der Waals surface area (Å²) in [6.07, 6.45) is 4.38. The molecule has 0 spiro atoms. The van der Waals surface area contributed by atoms with Gasteiger partial charge >= 0.3 is 11.9 Å². The fourth-order valence-electron chi connectivity index (χ4n) is 7.42. The number of carbonyl (C=O) groups excluding carboxylic acids is 1. The molecule has 63 heavy (non-hydrogen) atoms. The number of nitrogens with zero attached hydrogens (tertiary/aromatic N) is 3. The van der Waals surface area contributed by atoms with Crippen molar-refractivity contribution in [2.24, 2.45) is 5.92 Å². The minimum Gasteiger partial charge on any atom is -0.493 e. The molecule has 0 saturated carbocycles. The van der Waals surface area contributed by atoms with Gasteiger partial charge in [0.15, 0.2) is 0 Å². The van der Waals surface area contributed by atoms with Gasteiger partial charge in [0, 0.05) is 55.6 Å². The van der Waals surface area contributed by atoms with Crippen LogP contribution in [-0.4, -0.2) is 65.3 Å². The lowest BCUT2D eigenvalue weighted by Gasteiger charge is -2.17. The fraction of sp³-hybridized carbons (Fsp3) is 0.231. The Labute approximate surface area is 367 Å². The van der Waals surface area contributed by atoms with Gasteiger partial charge in [-0.1, -0.05) is 91.0 Å². The van der Waals surface area contributed by atoms with E-state index in [1.54, 1.807) is 6.08 Å². The molecule has 0 unspecified atom stereocenters. The molecule has 0 amide bonds. The first-order chi connectivity index (χ1) is 30.7. The summed E-state index contributed by atoms with van der Waals surface area (Å²) in [5.41, 5.74) is 6.83. The van der Waals surface area contributed by atoms with Crippen molar-refractivity contribution in [3.63, 3.8) is 0 Å². The normalized spacial score (nSPS) is 14.8. The summed E-state index contributed by atoms with van der Waals surface area (Å²) in [7, 11) is 1.35. The molecule has 8 rings (SSSR count). The molecule has 1 aliphatic rings. The Morgan fingerprint density at radius 3 is 1.67 bits per heavy atom. The summed E-state index contributed by atoms with van der Waals surface area (Å²) in [6, 6.07) is 45.2. The highest BCUT2D eigenvalue weighted by atomic mass is 16.5. The predicted octanol–water partition coefficient (Wildman–Crippen LogP) is 10.0. The standard InChI is InChI=1S/C30H30N2O4.C22H21NO4/c1-21-28(31-29(36-21)24-10-6-3-7-11-24)16-17-35-25-14-12-23(13-15-25)26-19-32(20-27(26)30(33)34)18-22-8-4-2-5-9-22;1-16-20(23-22(27-16)18-6-4-3-5-7-18)14-15-26-19-11-8-17(9-12-19)10-13-21(24)25-2/h2-15,26-27H,16-20H2,1H3,(H,33,34);3-13H,14-15H2,1-2H3/b;13-10-/t26-,27-;/m1./s1. The third-order valence-corrected chi connectivity index (χ3v) is 10.8. The van der Waals surface area contributed by atoms with E-state index in [9.17, 15) is 14.7 Å². The van der Waals surface area contributed by atoms with Crippen LogP contribution in [-0.2, 0) is 33.7 Å². The van der Waals surface area contributed by atoms with E-state index in [1.165, 1.54) is 18.7 Å². The second-order valence-electron chi connectivity index (χ2n) is 15.2. The van der Waals surface area contributed by atoms with Gasteiger partial charge in [0.25, 0.3) is 0 Å². The SMILES string of the molecule is COC(=O)/C=C\c1ccc(OCCc2nc(-c3ccccc3)oc2C)cc1.Cc1oc(-c2ccccc2)nc1CCOc1ccc([C@H]2CN(Cc3ccccc3)C[C@H]2C(=O)O)cc1. The molecule has 322 valence electrons. The fourth-order valence-corrected chi connectivity index (χ4v) is 7.42. The molecule has 2 atom stereocenters. The van der Waals surface area contributed by atoms with Gasteiger partial charge in [0.2, 0.25) is 11.8 Å². The van der Waals surface area contributed by atoms with E-state index < -0.39 is 11.9 Å². The van der Waals surface area contributed by atoms with Crippen molar-refractivity contribution in [1.29, 1.82) is 0 Å². The molecule has 2 aromatic heterocycles. The summed E-state index contributed by atoms with van der Waals surface area (Å²) in [5, 5.41) is 9.84. The third-order valence-electron chi connectivity index (χ3n) is 10.8. The van der Waals surface area contributed by atoms with Crippen molar-refractivity contribution < 1.29 is 37.7 Å². The number of carbonyl (C=O) groups is 2. The van der Waals surface area contributed by atoms with Crippen LogP contribution >= 0.6 is 0 Å². The Bertz CT molecular complexity index is 2550. The van der Waals surface area contributed by atoms with Gasteiger partial charge in [-0.25, -0.2) is 14.8 Å². The van der Waals surface area contributed by atoms with Crippen molar-refractivity contribution in [2.45, 2.75) is 39.2 Å². The van der Waals surface area contributed by atoms with E-state index in [1.807, 2.05) is 141 Å². The summed E-state index contributed by atoms with van der Waals surface area (Å²) in [4.78, 5) is 34.5. The van der Waals surface area contributed by atoms with Crippen molar-refractivity contribution in [2.75, 3.05) is 33.4 Å². The van der Waals surface area contributed by atoms with Crippen molar-refractivity contribution >= 4 is 18.0 Å². The van der Waals surface area contributed by atoms with E-state index in [2.05, 4.69) is 31.7 Å². The van der Waals surface area contributed by atoms with Crippen LogP contribution in [0.5, 0.6) is 11.5 Å². The number of ether oxygens (including phenoxy) is 3. The van der Waals surface area contributed by atoms with Crippen LogP contribution in [0.1, 0.15) is 45.5 Å². The number of aromatic nitrogens is 2. The molecule has 1 aliphatic heterocycles. The van der Waals surface area contributed by atoms with E-state index >= 15 is 0 Å². The number of aliphatic carboxylic acids is 1. The molecular weight excluding hydrogens is 795 g/mol. The van der Waals surface area contributed by atoms with Crippen molar-refractivity contribution in [1.82, 2.24) is 14.9 Å². The first-order valence-corrected chi connectivity index (χ1v) is 21.0. The van der Waals surface area contributed by atoms with Crippen LogP contribution in [0, 0.1) is 19.8 Å². The quantitative estimate of drug-likeness (QED) is 0.0735. The van der Waals surface area contributed by atoms with Gasteiger partial charge < -0.3 is 28.2 Å². The second-order valence-corrected chi connectivity index (χ2v) is 15.2. The number of esters is 1. The molecule has 0 bridgehead atoms. The lowest BCUT2D eigenvalue weighted by atomic mass is 9.89. The molecule has 5 aromatic carbocycles. The maximum absolute atomic E-state index is 12.0. The Kier molecular flexibility index (Phi) is 15.0. The van der Waals surface area contributed by atoms with Crippen LogP contribution in [0.4, 0.5) is 0 Å². The highest BCUT2D eigenvalue weighted by Crippen LogP contribution is 2.35. The topological polar surface area (TPSA) is 137 Å². The molecule has 7 aromatic rings. The van der Waals surface area contributed by atoms with Gasteiger partial charge in [-0.15, -0.1) is 0 Å². The molecule has 11 heteroatoms. The van der Waals surface area contributed by atoms with Gasteiger partial charge in [-0.2, -0.15) is 0 Å². The molecular formula is C52H51N3O8. The first kappa shape index (κ1) is 43.8. The molecule has 1 N–H and O–H groups in total. The number of carboxylic acid groups (broad SMARTS) is 1. The Morgan fingerprint density at radius 2 is 1.17 bits per heavy atom. The highest BCUT2D eigenvalue weighted by Gasteiger charge is 2.38. The number of hydrogen-bond donors (Lipinski definition) is 1. The minimum absolute atomic E-state index is 0.0468. The van der Waals surface area contributed by atoms with Gasteiger partial charge in [0.05, 0.1) is 37.6 Å². The minimum atomic E-state index is -0.742. The van der Waals surface area contributed by atoms with E-state index in [0.717, 1.165) is 69.8 Å². The van der Waals surface area contributed by atoms with Crippen molar-refractivity contribution in [3.05, 3.63) is 185 Å². The summed E-state index contributed by atoms with van der Waals surface area (Å²) >= 11 is 0. The molecule has 11 nitrogen and oxygen atoms in total. The molecule has 1 fully saturated rings. The van der Waals surface area contributed by atoms with Gasteiger partial charge in [-0.3, -0.25) is 9.69 Å². The molecule has 3 heterocycles. The largest absolute Gasteiger partial charge is 0.493 e. The number of likely N-dealkylation sites (tertiary alicyclic amines) is 1. The number of hydrogen-bond acceptors (Lipinski definition) is 10. The number of rotatable bonds is 16.